The zero-order valence-corrected chi connectivity index (χ0v) is 9.75. The maximum Gasteiger partial charge on any atom is 0.162 e. The number of nitrogens with two attached hydrogens (primary N) is 1. The van der Waals surface area contributed by atoms with Crippen LogP contribution in [0.2, 0.25) is 0 Å². The van der Waals surface area contributed by atoms with Crippen LogP contribution in [0.1, 0.15) is 12.8 Å². The van der Waals surface area contributed by atoms with E-state index in [1.54, 1.807) is 20.3 Å². The largest absolute Gasteiger partial charge is 0.493 e. The Morgan fingerprint density at radius 2 is 1.88 bits per heavy atom. The lowest BCUT2D eigenvalue weighted by Crippen LogP contribution is -2.06. The molecule has 1 aromatic carbocycles. The van der Waals surface area contributed by atoms with Gasteiger partial charge in [-0.15, -0.1) is 0 Å². The molecule has 16 heavy (non-hydrogen) atoms. The van der Waals surface area contributed by atoms with Gasteiger partial charge in [0.1, 0.15) is 0 Å². The maximum absolute atomic E-state index is 5.93. The first-order chi connectivity index (χ1) is 7.74. The van der Waals surface area contributed by atoms with Crippen molar-refractivity contribution in [3.8, 4) is 11.5 Å². The molecule has 1 fully saturated rings. The molecule has 88 valence electrons. The Bertz CT molecular complexity index is 376. The second kappa shape index (κ2) is 4.51. The fourth-order valence-corrected chi connectivity index (χ4v) is 1.62. The van der Waals surface area contributed by atoms with Gasteiger partial charge < -0.3 is 20.5 Å². The van der Waals surface area contributed by atoms with Crippen molar-refractivity contribution in [2.24, 2.45) is 5.92 Å². The van der Waals surface area contributed by atoms with Crippen molar-refractivity contribution in [3.63, 3.8) is 0 Å². The van der Waals surface area contributed by atoms with Crippen molar-refractivity contribution in [1.82, 2.24) is 0 Å². The van der Waals surface area contributed by atoms with Crippen molar-refractivity contribution in [2.75, 3.05) is 31.8 Å². The summed E-state index contributed by atoms with van der Waals surface area (Å²) in [5.74, 6) is 2.18. The number of anilines is 2. The second-order valence-corrected chi connectivity index (χ2v) is 4.12. The van der Waals surface area contributed by atoms with Crippen molar-refractivity contribution >= 4 is 11.4 Å². The number of benzene rings is 1. The van der Waals surface area contributed by atoms with E-state index in [-0.39, 0.29) is 0 Å². The molecule has 0 radical (unpaired) electrons. The Balaban J connectivity index is 2.15. The Morgan fingerprint density at radius 3 is 2.44 bits per heavy atom. The summed E-state index contributed by atoms with van der Waals surface area (Å²) in [6.07, 6.45) is 2.64. The number of hydrogen-bond acceptors (Lipinski definition) is 4. The molecule has 1 aliphatic carbocycles. The summed E-state index contributed by atoms with van der Waals surface area (Å²) in [4.78, 5) is 0. The molecule has 1 saturated carbocycles. The van der Waals surface area contributed by atoms with Gasteiger partial charge in [-0.05, 0) is 18.8 Å². The van der Waals surface area contributed by atoms with Gasteiger partial charge in [0, 0.05) is 18.7 Å². The zero-order chi connectivity index (χ0) is 11.5. The van der Waals surface area contributed by atoms with Crippen molar-refractivity contribution in [1.29, 1.82) is 0 Å². The van der Waals surface area contributed by atoms with Gasteiger partial charge in [-0.25, -0.2) is 0 Å². The van der Waals surface area contributed by atoms with Crippen LogP contribution in [-0.4, -0.2) is 20.8 Å². The van der Waals surface area contributed by atoms with Crippen LogP contribution in [0.3, 0.4) is 0 Å². The molecule has 0 spiro atoms. The fourth-order valence-electron chi connectivity index (χ4n) is 1.62. The van der Waals surface area contributed by atoms with Crippen molar-refractivity contribution < 1.29 is 9.47 Å². The molecule has 4 nitrogen and oxygen atoms in total. The molecule has 0 amide bonds. The third-order valence-electron chi connectivity index (χ3n) is 2.83. The van der Waals surface area contributed by atoms with E-state index in [2.05, 4.69) is 5.32 Å². The third kappa shape index (κ3) is 2.32. The lowest BCUT2D eigenvalue weighted by atomic mass is 10.2. The van der Waals surface area contributed by atoms with E-state index in [1.807, 2.05) is 6.07 Å². The Hall–Kier alpha value is -1.58. The highest BCUT2D eigenvalue weighted by Gasteiger charge is 2.21. The highest BCUT2D eigenvalue weighted by atomic mass is 16.5. The topological polar surface area (TPSA) is 56.5 Å². The maximum atomic E-state index is 5.93. The van der Waals surface area contributed by atoms with E-state index < -0.39 is 0 Å². The summed E-state index contributed by atoms with van der Waals surface area (Å²) in [7, 11) is 3.23. The number of methoxy groups -OCH3 is 2. The molecule has 4 heteroatoms. The van der Waals surface area contributed by atoms with Crippen LogP contribution < -0.4 is 20.5 Å². The monoisotopic (exact) mass is 222 g/mol. The average Bonchev–Trinajstić information content (AvgIpc) is 3.11. The van der Waals surface area contributed by atoms with Crippen LogP contribution >= 0.6 is 0 Å². The zero-order valence-electron chi connectivity index (χ0n) is 9.75. The molecule has 0 atom stereocenters. The summed E-state index contributed by atoms with van der Waals surface area (Å²) < 4.78 is 10.4. The minimum absolute atomic E-state index is 0.664. The Morgan fingerprint density at radius 1 is 1.25 bits per heavy atom. The normalized spacial score (nSPS) is 14.6. The van der Waals surface area contributed by atoms with E-state index in [9.17, 15) is 0 Å². The van der Waals surface area contributed by atoms with Crippen LogP contribution in [0.4, 0.5) is 11.4 Å². The first-order valence-corrected chi connectivity index (χ1v) is 5.50. The first kappa shape index (κ1) is 10.9. The molecule has 1 aliphatic rings. The lowest BCUT2D eigenvalue weighted by molar-refractivity contribution is 0.355. The first-order valence-electron chi connectivity index (χ1n) is 5.50. The molecule has 3 N–H and O–H groups in total. The number of hydrogen-bond donors (Lipinski definition) is 2. The summed E-state index contributed by atoms with van der Waals surface area (Å²) in [6, 6.07) is 3.67. The molecule has 2 rings (SSSR count). The summed E-state index contributed by atoms with van der Waals surface area (Å²) in [5.41, 5.74) is 7.54. The highest BCUT2D eigenvalue weighted by Crippen LogP contribution is 2.36. The number of rotatable bonds is 5. The minimum Gasteiger partial charge on any atom is -0.493 e. The number of ether oxygens (including phenoxy) is 2. The predicted molar refractivity (Wildman–Crippen MR) is 65.2 cm³/mol. The van der Waals surface area contributed by atoms with Crippen LogP contribution in [0.5, 0.6) is 11.5 Å². The van der Waals surface area contributed by atoms with Crippen LogP contribution in [0, 0.1) is 5.92 Å². The molecular weight excluding hydrogens is 204 g/mol. The van der Waals surface area contributed by atoms with Gasteiger partial charge in [-0.3, -0.25) is 0 Å². The van der Waals surface area contributed by atoms with E-state index in [4.69, 9.17) is 15.2 Å². The Kier molecular flexibility index (Phi) is 3.08. The van der Waals surface area contributed by atoms with Gasteiger partial charge in [0.2, 0.25) is 0 Å². The highest BCUT2D eigenvalue weighted by molar-refractivity contribution is 5.72. The van der Waals surface area contributed by atoms with Gasteiger partial charge in [-0.1, -0.05) is 0 Å². The van der Waals surface area contributed by atoms with Gasteiger partial charge in [0.25, 0.3) is 0 Å². The van der Waals surface area contributed by atoms with Crippen LogP contribution in [0.25, 0.3) is 0 Å². The third-order valence-corrected chi connectivity index (χ3v) is 2.83. The minimum atomic E-state index is 0.664. The molecule has 0 aromatic heterocycles. The summed E-state index contributed by atoms with van der Waals surface area (Å²) >= 11 is 0. The van der Waals surface area contributed by atoms with E-state index >= 15 is 0 Å². The van der Waals surface area contributed by atoms with E-state index in [0.717, 1.165) is 18.2 Å². The summed E-state index contributed by atoms with van der Waals surface area (Å²) in [5, 5.41) is 3.34. The quantitative estimate of drug-likeness (QED) is 0.749. The molecule has 0 saturated heterocycles. The SMILES string of the molecule is COc1cc(N)c(NCC2CC2)cc1OC. The second-order valence-electron chi connectivity index (χ2n) is 4.12. The Labute approximate surface area is 95.7 Å². The van der Waals surface area contributed by atoms with Gasteiger partial charge >= 0.3 is 0 Å². The van der Waals surface area contributed by atoms with Crippen LogP contribution in [-0.2, 0) is 0 Å². The number of nitrogen functional groups attached to an aromatic ring is 1. The van der Waals surface area contributed by atoms with E-state index in [0.29, 0.717) is 17.2 Å². The smallest absolute Gasteiger partial charge is 0.162 e. The molecule has 0 unspecified atom stereocenters. The van der Waals surface area contributed by atoms with Gasteiger partial charge in [0.15, 0.2) is 11.5 Å². The van der Waals surface area contributed by atoms with Crippen molar-refractivity contribution in [2.45, 2.75) is 12.8 Å². The van der Waals surface area contributed by atoms with Crippen molar-refractivity contribution in [3.05, 3.63) is 12.1 Å². The molecule has 0 bridgehead atoms. The average molecular weight is 222 g/mol. The lowest BCUT2D eigenvalue weighted by Gasteiger charge is -2.13. The van der Waals surface area contributed by atoms with Gasteiger partial charge in [-0.2, -0.15) is 0 Å². The van der Waals surface area contributed by atoms with E-state index in [1.165, 1.54) is 12.8 Å². The van der Waals surface area contributed by atoms with Crippen LogP contribution in [0.15, 0.2) is 12.1 Å². The molecule has 0 heterocycles. The molecule has 0 aliphatic heterocycles. The summed E-state index contributed by atoms with van der Waals surface area (Å²) in [6.45, 7) is 0.986. The number of nitrogens with one attached hydrogen (secondary N) is 1. The predicted octanol–water partition coefficient (Wildman–Crippen LogP) is 2.11. The fraction of sp³-hybridized carbons (Fsp3) is 0.500. The van der Waals surface area contributed by atoms with Gasteiger partial charge in [0.05, 0.1) is 25.6 Å². The standard InChI is InChI=1S/C12H18N2O2/c1-15-11-5-9(13)10(6-12(11)16-2)14-7-8-3-4-8/h5-6,8,14H,3-4,7,13H2,1-2H3. The molecule has 1 aromatic rings. The molecular formula is C12H18N2O2.